The van der Waals surface area contributed by atoms with Crippen LogP contribution in [0.5, 0.6) is 0 Å². The second kappa shape index (κ2) is 36.5. The number of nitrogens with one attached hydrogen (secondary N) is 1. The summed E-state index contributed by atoms with van der Waals surface area (Å²) in [7, 11) is 0. The summed E-state index contributed by atoms with van der Waals surface area (Å²) in [5, 5.41) is 19.5. The lowest BCUT2D eigenvalue weighted by Crippen LogP contribution is -2.24. The zero-order chi connectivity index (χ0) is 26.1. The third kappa shape index (κ3) is 44.6. The minimum atomic E-state index is 0.132. The number of Topliss-reactive ketones (excluding diaryl/α,β-unsaturated/α-hetero) is 1. The van der Waals surface area contributed by atoms with E-state index >= 15 is 0 Å². The minimum absolute atomic E-state index is 0.132. The van der Waals surface area contributed by atoms with Crippen LogP contribution in [0.4, 0.5) is 0 Å². The maximum absolute atomic E-state index is 11.4. The topological polar surface area (TPSA) is 139 Å². The van der Waals surface area contributed by atoms with Crippen molar-refractivity contribution in [1.82, 2.24) is 5.32 Å². The lowest BCUT2D eigenvalue weighted by Gasteiger charge is -2.05. The van der Waals surface area contributed by atoms with Gasteiger partial charge in [0.15, 0.2) is 0 Å². The number of carbonyl (C=O) groups excluding carboxylic acids is 2. The Hall–Kier alpha value is -1.02. The predicted molar refractivity (Wildman–Crippen MR) is 145 cm³/mol. The molecule has 0 bridgehead atoms. The lowest BCUT2D eigenvalue weighted by molar-refractivity contribution is -0.121. The maximum Gasteiger partial charge on any atom is 0.219 e. The Bertz CT molecular complexity index is 372. The summed E-state index contributed by atoms with van der Waals surface area (Å²) in [5.74, 6) is 0.342. The molecule has 7 nitrogen and oxygen atoms in total. The van der Waals surface area contributed by atoms with Gasteiger partial charge in [0.1, 0.15) is 5.78 Å². The summed E-state index contributed by atoms with van der Waals surface area (Å²) < 4.78 is 0. The molecule has 0 aliphatic heterocycles. The van der Waals surface area contributed by atoms with Crippen molar-refractivity contribution in [2.45, 2.75) is 129 Å². The van der Waals surface area contributed by atoms with E-state index in [2.05, 4.69) is 12.2 Å². The van der Waals surface area contributed by atoms with Gasteiger partial charge in [-0.3, -0.25) is 4.79 Å². The molecule has 0 heterocycles. The zero-order valence-electron chi connectivity index (χ0n) is 22.6. The largest absolute Gasteiger partial charge is 0.396 e. The number of ketones is 1. The van der Waals surface area contributed by atoms with Crippen LogP contribution in [0, 0.1) is 0 Å². The Morgan fingerprint density at radius 2 is 1.06 bits per heavy atom. The fraction of sp³-hybridized carbons (Fsp3) is 0.926. The molecule has 0 spiro atoms. The summed E-state index contributed by atoms with van der Waals surface area (Å²) in [6.07, 6.45) is 18.9. The molecule has 7 heteroatoms. The van der Waals surface area contributed by atoms with Crippen molar-refractivity contribution in [3.8, 4) is 0 Å². The molecule has 0 aromatic heterocycles. The molecule has 0 aromatic rings. The maximum atomic E-state index is 11.4. The Labute approximate surface area is 210 Å². The van der Waals surface area contributed by atoms with E-state index in [-0.39, 0.29) is 24.9 Å². The fourth-order valence-electron chi connectivity index (χ4n) is 3.10. The molecule has 0 aromatic carbocycles. The molecule has 206 valence electrons. The Balaban J connectivity index is -0.000000496. The van der Waals surface area contributed by atoms with Crippen LogP contribution in [0.15, 0.2) is 0 Å². The molecular formula is C27H59N3O4. The van der Waals surface area contributed by atoms with Crippen molar-refractivity contribution in [1.29, 1.82) is 0 Å². The Kier molecular flexibility index (Phi) is 40.3. The molecule has 0 fully saturated rings. The van der Waals surface area contributed by atoms with Gasteiger partial charge < -0.3 is 31.8 Å². The fourth-order valence-corrected chi connectivity index (χ4v) is 3.10. The Morgan fingerprint density at radius 3 is 1.53 bits per heavy atom. The summed E-state index contributed by atoms with van der Waals surface area (Å²) in [4.78, 5) is 22.1. The average Bonchev–Trinajstić information content (AvgIpc) is 2.83. The first-order valence-electron chi connectivity index (χ1n) is 13.9. The van der Waals surface area contributed by atoms with Crippen LogP contribution in [-0.4, -0.2) is 54.8 Å². The number of rotatable bonds is 22. The number of amides is 1. The summed E-state index contributed by atoms with van der Waals surface area (Å²) in [6, 6.07) is 0. The summed E-state index contributed by atoms with van der Waals surface area (Å²) in [6.45, 7) is 6.83. The van der Waals surface area contributed by atoms with E-state index in [1.165, 1.54) is 44.9 Å². The molecule has 1 amide bonds. The number of unbranched alkanes of at least 4 members (excludes halogenated alkanes) is 12. The number of aliphatic hydroxyl groups excluding tert-OH is 2. The van der Waals surface area contributed by atoms with Crippen molar-refractivity contribution in [2.24, 2.45) is 11.5 Å². The van der Waals surface area contributed by atoms with E-state index in [0.717, 1.165) is 77.4 Å². The molecule has 0 unspecified atom stereocenters. The third-order valence-corrected chi connectivity index (χ3v) is 5.26. The number of carbonyl (C=O) groups is 2. The third-order valence-electron chi connectivity index (χ3n) is 5.26. The predicted octanol–water partition coefficient (Wildman–Crippen LogP) is 4.61. The van der Waals surface area contributed by atoms with Crippen molar-refractivity contribution < 1.29 is 19.8 Å². The normalized spacial score (nSPS) is 10.1. The second-order valence-corrected chi connectivity index (χ2v) is 8.88. The van der Waals surface area contributed by atoms with Gasteiger partial charge in [-0.1, -0.05) is 64.7 Å². The number of hydrogen-bond acceptors (Lipinski definition) is 6. The summed E-state index contributed by atoms with van der Waals surface area (Å²) >= 11 is 0. The monoisotopic (exact) mass is 489 g/mol. The van der Waals surface area contributed by atoms with Crippen LogP contribution < -0.4 is 16.8 Å². The van der Waals surface area contributed by atoms with Gasteiger partial charge in [-0.2, -0.15) is 0 Å². The highest BCUT2D eigenvalue weighted by Gasteiger charge is 2.01. The van der Waals surface area contributed by atoms with E-state index in [4.69, 9.17) is 21.7 Å². The molecule has 34 heavy (non-hydrogen) atoms. The molecule has 0 saturated heterocycles. The molecule has 0 aliphatic carbocycles. The van der Waals surface area contributed by atoms with Crippen LogP contribution in [0.1, 0.15) is 129 Å². The van der Waals surface area contributed by atoms with Crippen molar-refractivity contribution >= 4 is 11.7 Å². The highest BCUT2D eigenvalue weighted by Crippen LogP contribution is 2.04. The van der Waals surface area contributed by atoms with Crippen molar-refractivity contribution in [2.75, 3.05) is 32.8 Å². The molecule has 0 atom stereocenters. The highest BCUT2D eigenvalue weighted by atomic mass is 16.3. The van der Waals surface area contributed by atoms with Gasteiger partial charge in [-0.05, 0) is 65.0 Å². The smallest absolute Gasteiger partial charge is 0.219 e. The van der Waals surface area contributed by atoms with Gasteiger partial charge in [0.25, 0.3) is 0 Å². The van der Waals surface area contributed by atoms with Crippen LogP contribution in [0.25, 0.3) is 0 Å². The van der Waals surface area contributed by atoms with Crippen molar-refractivity contribution in [3.05, 3.63) is 0 Å². The van der Waals surface area contributed by atoms with Gasteiger partial charge in [0, 0.05) is 32.6 Å². The van der Waals surface area contributed by atoms with Crippen LogP contribution >= 0.6 is 0 Å². The standard InChI is InChI=1S/C15H29NO2.C6H16N2.C6H14O2/c1-3-4-5-6-7-10-13-16-15(18)12-9-8-11-14(2)17;2*7-5-3-1-2-4-6-8/h3-13H2,1-2H3,(H,16,18);1-8H2;7-8H,1-6H2. The van der Waals surface area contributed by atoms with Crippen LogP contribution in [-0.2, 0) is 9.59 Å². The number of hydrogen-bond donors (Lipinski definition) is 5. The molecule has 0 saturated carbocycles. The van der Waals surface area contributed by atoms with E-state index in [1.54, 1.807) is 6.92 Å². The second-order valence-electron chi connectivity index (χ2n) is 8.88. The van der Waals surface area contributed by atoms with Crippen molar-refractivity contribution in [3.63, 3.8) is 0 Å². The van der Waals surface area contributed by atoms with Gasteiger partial charge in [-0.25, -0.2) is 0 Å². The molecule has 7 N–H and O–H groups in total. The summed E-state index contributed by atoms with van der Waals surface area (Å²) in [5.41, 5.74) is 10.6. The SMILES string of the molecule is CCCCCCCCNC(=O)CCCCC(C)=O.NCCCCCCN.OCCCCCCO. The van der Waals surface area contributed by atoms with E-state index in [0.29, 0.717) is 12.8 Å². The van der Waals surface area contributed by atoms with E-state index in [1.807, 2.05) is 0 Å². The first-order valence-corrected chi connectivity index (χ1v) is 13.9. The first kappa shape index (κ1) is 37.5. The average molecular weight is 490 g/mol. The quantitative estimate of drug-likeness (QED) is 0.141. The number of nitrogens with two attached hydrogens (primary N) is 2. The Morgan fingerprint density at radius 1 is 0.618 bits per heavy atom. The molecule has 0 aliphatic rings. The lowest BCUT2D eigenvalue weighted by atomic mass is 10.1. The number of aliphatic hydroxyl groups is 2. The van der Waals surface area contributed by atoms with Crippen LogP contribution in [0.2, 0.25) is 0 Å². The minimum Gasteiger partial charge on any atom is -0.396 e. The zero-order valence-corrected chi connectivity index (χ0v) is 22.6. The van der Waals surface area contributed by atoms with E-state index < -0.39 is 0 Å². The highest BCUT2D eigenvalue weighted by molar-refractivity contribution is 5.76. The van der Waals surface area contributed by atoms with Crippen LogP contribution in [0.3, 0.4) is 0 Å². The first-order chi connectivity index (χ1) is 16.5. The van der Waals surface area contributed by atoms with Gasteiger partial charge >= 0.3 is 0 Å². The van der Waals surface area contributed by atoms with E-state index in [9.17, 15) is 9.59 Å². The van der Waals surface area contributed by atoms with Gasteiger partial charge in [0.05, 0.1) is 0 Å². The molecule has 0 radical (unpaired) electrons. The van der Waals surface area contributed by atoms with Gasteiger partial charge in [0.2, 0.25) is 5.91 Å². The molecular weight excluding hydrogens is 430 g/mol. The molecule has 0 rings (SSSR count). The van der Waals surface area contributed by atoms with Gasteiger partial charge in [-0.15, -0.1) is 0 Å².